The summed E-state index contributed by atoms with van der Waals surface area (Å²) in [7, 11) is 0. The lowest BCUT2D eigenvalue weighted by molar-refractivity contribution is -0.163. The molecule has 1 atom stereocenters. The van der Waals surface area contributed by atoms with Gasteiger partial charge < -0.3 is 14.2 Å². The van der Waals surface area contributed by atoms with E-state index in [9.17, 15) is 5.26 Å². The summed E-state index contributed by atoms with van der Waals surface area (Å²) in [4.78, 5) is 3.43. The van der Waals surface area contributed by atoms with Crippen LogP contribution in [0.4, 0.5) is 5.69 Å². The first-order valence-electron chi connectivity index (χ1n) is 10.6. The van der Waals surface area contributed by atoms with Gasteiger partial charge in [-0.1, -0.05) is 13.8 Å². The predicted octanol–water partition coefficient (Wildman–Crippen LogP) is 5.16. The predicted molar refractivity (Wildman–Crippen MR) is 113 cm³/mol. The summed E-state index contributed by atoms with van der Waals surface area (Å²) in [6.45, 7) is 13.5. The molecule has 0 aliphatic carbocycles. The normalized spacial score (nSPS) is 16.1. The molecule has 0 bridgehead atoms. The largest absolute Gasteiger partial charge is 0.455 e. The van der Waals surface area contributed by atoms with Gasteiger partial charge in [0.15, 0.2) is 17.7 Å². The third-order valence-corrected chi connectivity index (χ3v) is 5.07. The molecule has 0 radical (unpaired) electrons. The lowest BCUT2D eigenvalue weighted by Crippen LogP contribution is -2.23. The van der Waals surface area contributed by atoms with Crippen molar-refractivity contribution in [1.82, 2.24) is 9.78 Å². The number of aromatic nitrogens is 2. The van der Waals surface area contributed by atoms with Crippen molar-refractivity contribution in [1.29, 1.82) is 5.26 Å². The topological polar surface area (TPSA) is 73.7 Å². The summed E-state index contributed by atoms with van der Waals surface area (Å²) in [5.74, 6) is 1.21. The third kappa shape index (κ3) is 5.38. The van der Waals surface area contributed by atoms with E-state index in [0.29, 0.717) is 23.6 Å². The minimum Gasteiger partial charge on any atom is -0.455 e. The summed E-state index contributed by atoms with van der Waals surface area (Å²) in [6.07, 6.45) is 5.50. The van der Waals surface area contributed by atoms with Crippen LogP contribution in [-0.4, -0.2) is 29.3 Å². The van der Waals surface area contributed by atoms with Crippen molar-refractivity contribution in [3.63, 3.8) is 0 Å². The number of nitrogens with zero attached hydrogens (tertiary/aromatic N) is 4. The molecule has 1 saturated heterocycles. The van der Waals surface area contributed by atoms with Crippen LogP contribution < -0.4 is 4.74 Å². The molecule has 0 spiro atoms. The highest BCUT2D eigenvalue weighted by atomic mass is 16.7. The average Bonchev–Trinajstić information content (AvgIpc) is 3.13. The van der Waals surface area contributed by atoms with E-state index >= 15 is 0 Å². The maximum atomic E-state index is 9.22. The SMILES string of the molecule is [C-]#[N+]c1cc(C#N)cc(Oc2c(CC)nn(CCCOC3CCCCO3)c2CC)c1. The molecule has 0 saturated carbocycles. The van der Waals surface area contributed by atoms with Crippen molar-refractivity contribution < 1.29 is 14.2 Å². The highest BCUT2D eigenvalue weighted by Gasteiger charge is 2.19. The summed E-state index contributed by atoms with van der Waals surface area (Å²) < 4.78 is 19.6. The minimum absolute atomic E-state index is 0.0730. The van der Waals surface area contributed by atoms with E-state index in [0.717, 1.165) is 68.8 Å². The number of nitriles is 1. The van der Waals surface area contributed by atoms with Crippen molar-refractivity contribution in [3.8, 4) is 17.6 Å². The van der Waals surface area contributed by atoms with Crippen LogP contribution in [0.15, 0.2) is 18.2 Å². The van der Waals surface area contributed by atoms with Gasteiger partial charge in [0.05, 0.1) is 24.9 Å². The van der Waals surface area contributed by atoms with Crippen molar-refractivity contribution in [2.24, 2.45) is 0 Å². The molecule has 30 heavy (non-hydrogen) atoms. The van der Waals surface area contributed by atoms with Gasteiger partial charge >= 0.3 is 0 Å². The molecule has 1 aromatic carbocycles. The van der Waals surface area contributed by atoms with Gasteiger partial charge in [-0.15, -0.1) is 0 Å². The van der Waals surface area contributed by atoms with Crippen LogP contribution in [0.25, 0.3) is 4.85 Å². The molecule has 7 nitrogen and oxygen atoms in total. The van der Waals surface area contributed by atoms with Gasteiger partial charge in [-0.3, -0.25) is 4.68 Å². The first-order valence-corrected chi connectivity index (χ1v) is 10.6. The van der Waals surface area contributed by atoms with Crippen molar-refractivity contribution >= 4 is 5.69 Å². The second kappa shape index (κ2) is 10.8. The standard InChI is InChI=1S/C23H28N4O3/c1-4-20-23(30-19-14-17(16-24)13-18(15-19)25-3)21(5-2)27(26-20)10-8-12-29-22-9-6-7-11-28-22/h13-15,22H,4-12H2,1-2H3. The van der Waals surface area contributed by atoms with E-state index in [4.69, 9.17) is 25.9 Å². The zero-order chi connectivity index (χ0) is 21.3. The number of rotatable bonds is 9. The summed E-state index contributed by atoms with van der Waals surface area (Å²) in [6, 6.07) is 6.95. The summed E-state index contributed by atoms with van der Waals surface area (Å²) >= 11 is 0. The first-order chi connectivity index (χ1) is 14.7. The fourth-order valence-electron chi connectivity index (χ4n) is 3.57. The molecule has 158 valence electrons. The number of hydrogen-bond donors (Lipinski definition) is 0. The van der Waals surface area contributed by atoms with Crippen LogP contribution in [-0.2, 0) is 28.9 Å². The van der Waals surface area contributed by atoms with Crippen LogP contribution in [0.1, 0.15) is 56.5 Å². The molecule has 1 unspecified atom stereocenters. The van der Waals surface area contributed by atoms with Crippen LogP contribution in [0.2, 0.25) is 0 Å². The molecule has 7 heteroatoms. The van der Waals surface area contributed by atoms with Gasteiger partial charge in [0.1, 0.15) is 11.4 Å². The van der Waals surface area contributed by atoms with Gasteiger partial charge in [0, 0.05) is 18.7 Å². The fourth-order valence-corrected chi connectivity index (χ4v) is 3.57. The monoisotopic (exact) mass is 408 g/mol. The number of ether oxygens (including phenoxy) is 3. The average molecular weight is 409 g/mol. The summed E-state index contributed by atoms with van der Waals surface area (Å²) in [5.41, 5.74) is 2.67. The fraction of sp³-hybridized carbons (Fsp3) is 0.522. The van der Waals surface area contributed by atoms with Crippen molar-refractivity contribution in [2.45, 2.75) is 65.2 Å². The van der Waals surface area contributed by atoms with Gasteiger partial charge in [0.25, 0.3) is 0 Å². The number of hydrogen-bond acceptors (Lipinski definition) is 5. The van der Waals surface area contributed by atoms with Gasteiger partial charge in [-0.05, 0) is 56.7 Å². The molecule has 1 fully saturated rings. The molecule has 1 aliphatic heterocycles. The molecule has 3 rings (SSSR count). The van der Waals surface area contributed by atoms with Crippen LogP contribution in [0, 0.1) is 17.9 Å². The quantitative estimate of drug-likeness (QED) is 0.423. The smallest absolute Gasteiger partial charge is 0.192 e. The van der Waals surface area contributed by atoms with Crippen LogP contribution in [0.5, 0.6) is 11.5 Å². The Labute approximate surface area is 178 Å². The van der Waals surface area contributed by atoms with Gasteiger partial charge in [0.2, 0.25) is 0 Å². The third-order valence-electron chi connectivity index (χ3n) is 5.07. The maximum Gasteiger partial charge on any atom is 0.192 e. The second-order valence-electron chi connectivity index (χ2n) is 7.21. The zero-order valence-corrected chi connectivity index (χ0v) is 17.7. The van der Waals surface area contributed by atoms with Crippen LogP contribution >= 0.6 is 0 Å². The molecular formula is C23H28N4O3. The molecule has 0 N–H and O–H groups in total. The van der Waals surface area contributed by atoms with E-state index in [1.807, 2.05) is 11.6 Å². The lowest BCUT2D eigenvalue weighted by Gasteiger charge is -2.22. The molecule has 1 aromatic heterocycles. The minimum atomic E-state index is -0.0730. The second-order valence-corrected chi connectivity index (χ2v) is 7.21. The molecule has 0 amide bonds. The number of aryl methyl sites for hydroxylation is 2. The lowest BCUT2D eigenvalue weighted by atomic mass is 10.2. The Morgan fingerprint density at radius 1 is 1.30 bits per heavy atom. The van der Waals surface area contributed by atoms with E-state index in [1.54, 1.807) is 18.2 Å². The number of benzene rings is 1. The van der Waals surface area contributed by atoms with E-state index in [1.165, 1.54) is 0 Å². The van der Waals surface area contributed by atoms with Crippen LogP contribution in [0.3, 0.4) is 0 Å². The molecule has 2 aromatic rings. The van der Waals surface area contributed by atoms with Gasteiger partial charge in [-0.2, -0.15) is 10.4 Å². The first kappa shape index (κ1) is 21.8. The Morgan fingerprint density at radius 3 is 2.83 bits per heavy atom. The Kier molecular flexibility index (Phi) is 7.84. The molecule has 2 heterocycles. The van der Waals surface area contributed by atoms with Crippen molar-refractivity contribution in [2.75, 3.05) is 13.2 Å². The maximum absolute atomic E-state index is 9.22. The Balaban J connectivity index is 1.71. The van der Waals surface area contributed by atoms with E-state index in [-0.39, 0.29) is 6.29 Å². The van der Waals surface area contributed by atoms with E-state index < -0.39 is 0 Å². The summed E-state index contributed by atoms with van der Waals surface area (Å²) in [5, 5.41) is 14.0. The Hall–Kier alpha value is -2.87. The zero-order valence-electron chi connectivity index (χ0n) is 17.7. The highest BCUT2D eigenvalue weighted by Crippen LogP contribution is 2.33. The van der Waals surface area contributed by atoms with Crippen molar-refractivity contribution in [3.05, 3.63) is 46.6 Å². The Morgan fingerprint density at radius 2 is 2.17 bits per heavy atom. The molecular weight excluding hydrogens is 380 g/mol. The molecule has 1 aliphatic rings. The highest BCUT2D eigenvalue weighted by molar-refractivity contribution is 5.56. The van der Waals surface area contributed by atoms with Gasteiger partial charge in [-0.25, -0.2) is 4.85 Å². The van der Waals surface area contributed by atoms with E-state index in [2.05, 4.69) is 17.8 Å². The Bertz CT molecular complexity index is 901.